The van der Waals surface area contributed by atoms with E-state index < -0.39 is 11.8 Å². The van der Waals surface area contributed by atoms with Crippen LogP contribution in [-0.4, -0.2) is 11.8 Å². The summed E-state index contributed by atoms with van der Waals surface area (Å²) in [5.41, 5.74) is 17.8. The van der Waals surface area contributed by atoms with Gasteiger partial charge in [0.1, 0.15) is 0 Å². The topological polar surface area (TPSA) is 112 Å². The highest BCUT2D eigenvalue weighted by atomic mass is 16.1. The van der Waals surface area contributed by atoms with Crippen LogP contribution in [0, 0.1) is 0 Å². The first-order valence-electron chi connectivity index (χ1n) is 5.42. The quantitative estimate of drug-likeness (QED) is 0.676. The van der Waals surface area contributed by atoms with Gasteiger partial charge in [-0.3, -0.25) is 9.59 Å². The molecule has 0 bridgehead atoms. The molecule has 1 aromatic rings. The second-order valence-corrected chi connectivity index (χ2v) is 4.03. The Morgan fingerprint density at radius 3 is 2.06 bits per heavy atom. The summed E-state index contributed by atoms with van der Waals surface area (Å²) in [6, 6.07) is 2.93. The number of nitrogens with two attached hydrogens (primary N) is 3. The van der Waals surface area contributed by atoms with Gasteiger partial charge in [-0.25, -0.2) is 0 Å². The van der Waals surface area contributed by atoms with Gasteiger partial charge in [0, 0.05) is 11.3 Å². The molecule has 5 heteroatoms. The van der Waals surface area contributed by atoms with E-state index in [9.17, 15) is 9.59 Å². The number of carbonyl (C=O) groups is 2. The zero-order valence-corrected chi connectivity index (χ0v) is 9.99. The Bertz CT molecular complexity index is 469. The third-order valence-electron chi connectivity index (χ3n) is 2.92. The van der Waals surface area contributed by atoms with E-state index in [1.54, 1.807) is 0 Å². The van der Waals surface area contributed by atoms with Crippen LogP contribution in [0.3, 0.4) is 0 Å². The Labute approximate surface area is 100.0 Å². The van der Waals surface area contributed by atoms with Crippen LogP contribution in [0.15, 0.2) is 12.1 Å². The number of hydrogen-bond donors (Lipinski definition) is 3. The molecule has 6 N–H and O–H groups in total. The van der Waals surface area contributed by atoms with Gasteiger partial charge in [-0.05, 0) is 30.0 Å². The number of anilines is 1. The van der Waals surface area contributed by atoms with Crippen molar-refractivity contribution in [2.75, 3.05) is 5.73 Å². The van der Waals surface area contributed by atoms with Gasteiger partial charge in [0.25, 0.3) is 5.91 Å². The van der Waals surface area contributed by atoms with Gasteiger partial charge in [0.15, 0.2) is 0 Å². The van der Waals surface area contributed by atoms with Crippen LogP contribution in [0.2, 0.25) is 0 Å². The van der Waals surface area contributed by atoms with Crippen LogP contribution in [0.25, 0.3) is 0 Å². The van der Waals surface area contributed by atoms with Crippen LogP contribution < -0.4 is 17.2 Å². The molecule has 0 radical (unpaired) electrons. The monoisotopic (exact) mass is 235 g/mol. The van der Waals surface area contributed by atoms with Crippen LogP contribution in [0.1, 0.15) is 52.5 Å². The van der Waals surface area contributed by atoms with E-state index in [2.05, 4.69) is 0 Å². The number of benzene rings is 1. The molecule has 0 aliphatic heterocycles. The van der Waals surface area contributed by atoms with Crippen LogP contribution in [-0.2, 0) is 0 Å². The van der Waals surface area contributed by atoms with Gasteiger partial charge in [0.05, 0.1) is 5.56 Å². The summed E-state index contributed by atoms with van der Waals surface area (Å²) in [4.78, 5) is 22.5. The molecule has 2 amide bonds. The van der Waals surface area contributed by atoms with Crippen molar-refractivity contribution in [3.8, 4) is 0 Å². The second kappa shape index (κ2) is 4.86. The number of carbonyl (C=O) groups excluding carboxylic acids is 2. The Balaban J connectivity index is 3.52. The molecule has 1 atom stereocenters. The van der Waals surface area contributed by atoms with E-state index >= 15 is 0 Å². The summed E-state index contributed by atoms with van der Waals surface area (Å²) >= 11 is 0. The van der Waals surface area contributed by atoms with Gasteiger partial charge in [-0.2, -0.15) is 0 Å². The highest BCUT2D eigenvalue weighted by molar-refractivity contribution is 6.03. The lowest BCUT2D eigenvalue weighted by molar-refractivity contribution is 0.0988. The maximum absolute atomic E-state index is 11.3. The lowest BCUT2D eigenvalue weighted by Gasteiger charge is -2.17. The zero-order chi connectivity index (χ0) is 13.2. The van der Waals surface area contributed by atoms with Gasteiger partial charge in [-0.1, -0.05) is 13.8 Å². The average molecular weight is 235 g/mol. The van der Waals surface area contributed by atoms with E-state index in [4.69, 9.17) is 17.2 Å². The molecule has 0 saturated heterocycles. The van der Waals surface area contributed by atoms with Crippen molar-refractivity contribution in [1.29, 1.82) is 0 Å². The van der Waals surface area contributed by atoms with Crippen molar-refractivity contribution < 1.29 is 9.59 Å². The summed E-state index contributed by atoms with van der Waals surface area (Å²) in [5, 5.41) is 0. The van der Waals surface area contributed by atoms with Gasteiger partial charge < -0.3 is 17.2 Å². The van der Waals surface area contributed by atoms with E-state index in [1.807, 2.05) is 13.8 Å². The molecule has 17 heavy (non-hydrogen) atoms. The number of primary amides is 2. The van der Waals surface area contributed by atoms with E-state index in [0.717, 1.165) is 6.42 Å². The summed E-state index contributed by atoms with van der Waals surface area (Å²) in [6.45, 7) is 3.88. The molecular formula is C12H17N3O2. The first-order valence-corrected chi connectivity index (χ1v) is 5.42. The molecule has 0 saturated carbocycles. The Morgan fingerprint density at radius 1 is 1.18 bits per heavy atom. The molecule has 92 valence electrons. The van der Waals surface area contributed by atoms with Crippen LogP contribution in [0.4, 0.5) is 5.69 Å². The van der Waals surface area contributed by atoms with Crippen molar-refractivity contribution in [3.63, 3.8) is 0 Å². The molecule has 1 rings (SSSR count). The third-order valence-corrected chi connectivity index (χ3v) is 2.92. The fourth-order valence-corrected chi connectivity index (χ4v) is 1.80. The minimum Gasteiger partial charge on any atom is -0.398 e. The highest BCUT2D eigenvalue weighted by Gasteiger charge is 2.20. The van der Waals surface area contributed by atoms with Crippen LogP contribution in [0.5, 0.6) is 0 Å². The summed E-state index contributed by atoms with van der Waals surface area (Å²) < 4.78 is 0. The molecule has 0 heterocycles. The van der Waals surface area contributed by atoms with Crippen molar-refractivity contribution in [3.05, 3.63) is 28.8 Å². The lowest BCUT2D eigenvalue weighted by atomic mass is 9.89. The predicted molar refractivity (Wildman–Crippen MR) is 66.6 cm³/mol. The first kappa shape index (κ1) is 13.0. The first-order chi connectivity index (χ1) is 7.90. The summed E-state index contributed by atoms with van der Waals surface area (Å²) in [7, 11) is 0. The predicted octanol–water partition coefficient (Wildman–Crippen LogP) is 0.980. The SMILES string of the molecule is CCC(C)c1c(C(N)=O)ccc(C(N)=O)c1N. The number of hydrogen-bond acceptors (Lipinski definition) is 3. The summed E-state index contributed by atoms with van der Waals surface area (Å²) in [6.07, 6.45) is 0.784. The Kier molecular flexibility index (Phi) is 3.73. The maximum atomic E-state index is 11.3. The Hall–Kier alpha value is -2.04. The average Bonchev–Trinajstić information content (AvgIpc) is 2.26. The second-order valence-electron chi connectivity index (χ2n) is 4.03. The lowest BCUT2D eigenvalue weighted by Crippen LogP contribution is -2.20. The van der Waals surface area contributed by atoms with Crippen molar-refractivity contribution in [2.24, 2.45) is 11.5 Å². The van der Waals surface area contributed by atoms with Crippen LogP contribution >= 0.6 is 0 Å². The maximum Gasteiger partial charge on any atom is 0.250 e. The molecular weight excluding hydrogens is 218 g/mol. The zero-order valence-electron chi connectivity index (χ0n) is 9.99. The third kappa shape index (κ3) is 2.38. The standard InChI is InChI=1S/C12H17N3O2/c1-3-6(2)9-7(11(14)16)4-5-8(10(9)13)12(15)17/h4-6H,3,13H2,1-2H3,(H2,14,16)(H2,15,17). The van der Waals surface area contributed by atoms with Crippen molar-refractivity contribution >= 4 is 17.5 Å². The fourth-order valence-electron chi connectivity index (χ4n) is 1.80. The molecule has 1 aromatic carbocycles. The highest BCUT2D eigenvalue weighted by Crippen LogP contribution is 2.30. The molecule has 0 fully saturated rings. The smallest absolute Gasteiger partial charge is 0.250 e. The Morgan fingerprint density at radius 2 is 1.65 bits per heavy atom. The molecule has 5 nitrogen and oxygen atoms in total. The normalized spacial score (nSPS) is 12.1. The van der Waals surface area contributed by atoms with E-state index in [-0.39, 0.29) is 17.2 Å². The van der Waals surface area contributed by atoms with E-state index in [1.165, 1.54) is 12.1 Å². The minimum atomic E-state index is -0.608. The van der Waals surface area contributed by atoms with Gasteiger partial charge >= 0.3 is 0 Å². The largest absolute Gasteiger partial charge is 0.398 e. The molecule has 1 unspecified atom stereocenters. The number of amides is 2. The fraction of sp³-hybridized carbons (Fsp3) is 0.333. The molecule has 0 aliphatic carbocycles. The van der Waals surface area contributed by atoms with Crippen molar-refractivity contribution in [2.45, 2.75) is 26.2 Å². The number of rotatable bonds is 4. The minimum absolute atomic E-state index is 0.0387. The van der Waals surface area contributed by atoms with Gasteiger partial charge in [-0.15, -0.1) is 0 Å². The van der Waals surface area contributed by atoms with E-state index in [0.29, 0.717) is 11.1 Å². The number of nitrogen functional groups attached to an aromatic ring is 1. The molecule has 0 aromatic heterocycles. The molecule has 0 spiro atoms. The molecule has 0 aliphatic rings. The summed E-state index contributed by atoms with van der Waals surface area (Å²) in [5.74, 6) is -1.12. The van der Waals surface area contributed by atoms with Crippen molar-refractivity contribution in [1.82, 2.24) is 0 Å². The van der Waals surface area contributed by atoms with Gasteiger partial charge in [0.2, 0.25) is 5.91 Å².